The van der Waals surface area contributed by atoms with Crippen molar-refractivity contribution in [3.05, 3.63) is 45.9 Å². The van der Waals surface area contributed by atoms with Crippen molar-refractivity contribution in [3.63, 3.8) is 0 Å². The Morgan fingerprint density at radius 2 is 1.96 bits per heavy atom. The summed E-state index contributed by atoms with van der Waals surface area (Å²) in [5, 5.41) is 7.49. The van der Waals surface area contributed by atoms with Gasteiger partial charge in [-0.2, -0.15) is 13.2 Å². The van der Waals surface area contributed by atoms with E-state index in [-0.39, 0.29) is 6.54 Å². The first-order chi connectivity index (χ1) is 13.4. The maximum Gasteiger partial charge on any atom is 0.434 e. The molecule has 9 heteroatoms. The number of benzene rings is 1. The fourth-order valence-electron chi connectivity index (χ4n) is 2.31. The van der Waals surface area contributed by atoms with E-state index in [4.69, 9.17) is 4.74 Å². The van der Waals surface area contributed by atoms with Gasteiger partial charge in [-0.05, 0) is 30.5 Å². The van der Waals surface area contributed by atoms with Crippen molar-refractivity contribution in [1.29, 1.82) is 0 Å². The molecule has 0 amide bonds. The Kier molecular flexibility index (Phi) is 8.56. The van der Waals surface area contributed by atoms with Gasteiger partial charge in [-0.25, -0.2) is 4.98 Å². The Morgan fingerprint density at radius 3 is 2.57 bits per heavy atom. The van der Waals surface area contributed by atoms with Gasteiger partial charge < -0.3 is 15.4 Å². The first-order valence-electron chi connectivity index (χ1n) is 9.10. The molecule has 5 nitrogen and oxygen atoms in total. The van der Waals surface area contributed by atoms with E-state index in [2.05, 4.69) is 27.5 Å². The number of ether oxygens (including phenoxy) is 1. The van der Waals surface area contributed by atoms with Crippen LogP contribution in [-0.2, 0) is 19.1 Å². The highest BCUT2D eigenvalue weighted by molar-refractivity contribution is 7.09. The summed E-state index contributed by atoms with van der Waals surface area (Å²) in [5.74, 6) is 1.38. The van der Waals surface area contributed by atoms with Crippen LogP contribution in [0.15, 0.2) is 34.6 Å². The number of aliphatic imine (C=N–C) groups is 1. The average molecular weight is 414 g/mol. The van der Waals surface area contributed by atoms with Gasteiger partial charge in [-0.1, -0.05) is 25.5 Å². The van der Waals surface area contributed by atoms with Crippen LogP contribution in [0.3, 0.4) is 0 Å². The molecular weight excluding hydrogens is 389 g/mol. The van der Waals surface area contributed by atoms with Crippen LogP contribution in [0.4, 0.5) is 13.2 Å². The van der Waals surface area contributed by atoms with Gasteiger partial charge in [0, 0.05) is 19.0 Å². The Hall–Kier alpha value is -2.29. The van der Waals surface area contributed by atoms with E-state index in [0.29, 0.717) is 17.5 Å². The fourth-order valence-corrected chi connectivity index (χ4v) is 3.05. The normalized spacial score (nSPS) is 12.1. The molecule has 154 valence electrons. The molecule has 2 rings (SSSR count). The second-order valence-corrected chi connectivity index (χ2v) is 7.02. The van der Waals surface area contributed by atoms with Gasteiger partial charge in [-0.15, -0.1) is 11.3 Å². The molecule has 0 aliphatic heterocycles. The van der Waals surface area contributed by atoms with E-state index >= 15 is 0 Å². The van der Waals surface area contributed by atoms with Gasteiger partial charge in [0.15, 0.2) is 11.7 Å². The second kappa shape index (κ2) is 10.9. The Bertz CT molecular complexity index is 744. The number of nitrogens with one attached hydrogen (secondary N) is 2. The molecule has 0 aliphatic rings. The monoisotopic (exact) mass is 414 g/mol. The van der Waals surface area contributed by atoms with Gasteiger partial charge in [-0.3, -0.25) is 4.99 Å². The molecule has 0 fully saturated rings. The third kappa shape index (κ3) is 7.38. The number of hydrogen-bond donors (Lipinski definition) is 2. The zero-order valence-electron chi connectivity index (χ0n) is 16.0. The molecule has 0 bridgehead atoms. The maximum atomic E-state index is 12.6. The number of nitrogens with zero attached hydrogens (tertiary/aromatic N) is 2. The first-order valence-corrected chi connectivity index (χ1v) is 9.98. The largest absolute Gasteiger partial charge is 0.494 e. The molecule has 0 atom stereocenters. The zero-order chi connectivity index (χ0) is 20.4. The van der Waals surface area contributed by atoms with E-state index < -0.39 is 11.9 Å². The number of hydrogen-bond acceptors (Lipinski definition) is 4. The molecular formula is C19H25F3N4OS. The number of aromatic nitrogens is 1. The van der Waals surface area contributed by atoms with Crippen LogP contribution in [-0.4, -0.2) is 31.1 Å². The summed E-state index contributed by atoms with van der Waals surface area (Å²) in [6, 6.07) is 7.96. The van der Waals surface area contributed by atoms with Crippen LogP contribution in [0.2, 0.25) is 0 Å². The number of thiazole rings is 1. The standard InChI is InChI=1S/C19H25F3N4OS/c1-3-4-11-27-15-7-5-14(6-8-15)9-10-24-18(23-2)25-12-17-26-16(13-28-17)19(20,21)22/h5-8,13H,3-4,9-12H2,1-2H3,(H2,23,24,25). The predicted molar refractivity (Wildman–Crippen MR) is 106 cm³/mol. The van der Waals surface area contributed by atoms with Gasteiger partial charge >= 0.3 is 6.18 Å². The maximum absolute atomic E-state index is 12.6. The lowest BCUT2D eigenvalue weighted by atomic mass is 10.1. The predicted octanol–water partition coefficient (Wildman–Crippen LogP) is 4.25. The molecule has 0 unspecified atom stereocenters. The van der Waals surface area contributed by atoms with Crippen LogP contribution in [0, 0.1) is 0 Å². The number of alkyl halides is 3. The van der Waals surface area contributed by atoms with Crippen LogP contribution in [0.25, 0.3) is 0 Å². The highest BCUT2D eigenvalue weighted by Crippen LogP contribution is 2.29. The molecule has 2 N–H and O–H groups in total. The second-order valence-electron chi connectivity index (χ2n) is 6.07. The minimum Gasteiger partial charge on any atom is -0.494 e. The minimum absolute atomic E-state index is 0.185. The van der Waals surface area contributed by atoms with Gasteiger partial charge in [0.1, 0.15) is 10.8 Å². The number of guanidine groups is 1. The molecule has 0 radical (unpaired) electrons. The third-order valence-corrected chi connectivity index (χ3v) is 4.72. The Balaban J connectivity index is 1.73. The molecule has 1 aromatic carbocycles. The van der Waals surface area contributed by atoms with Gasteiger partial charge in [0.25, 0.3) is 0 Å². The summed E-state index contributed by atoms with van der Waals surface area (Å²) >= 11 is 0.970. The summed E-state index contributed by atoms with van der Waals surface area (Å²) in [7, 11) is 1.61. The molecule has 0 saturated heterocycles. The van der Waals surface area contributed by atoms with E-state index in [0.717, 1.165) is 53.9 Å². The third-order valence-electron chi connectivity index (χ3n) is 3.87. The van der Waals surface area contributed by atoms with Crippen LogP contribution < -0.4 is 15.4 Å². The van der Waals surface area contributed by atoms with E-state index in [9.17, 15) is 13.2 Å². The van der Waals surface area contributed by atoms with Crippen molar-refractivity contribution >= 4 is 17.3 Å². The number of rotatable bonds is 9. The van der Waals surface area contributed by atoms with Gasteiger partial charge in [0.2, 0.25) is 0 Å². The highest BCUT2D eigenvalue weighted by atomic mass is 32.1. The van der Waals surface area contributed by atoms with Crippen molar-refractivity contribution in [2.75, 3.05) is 20.2 Å². The van der Waals surface area contributed by atoms with Crippen molar-refractivity contribution in [2.24, 2.45) is 4.99 Å². The molecule has 0 aliphatic carbocycles. The topological polar surface area (TPSA) is 58.5 Å². The van der Waals surface area contributed by atoms with Crippen molar-refractivity contribution in [1.82, 2.24) is 15.6 Å². The van der Waals surface area contributed by atoms with E-state index in [1.807, 2.05) is 24.3 Å². The number of halogens is 3. The lowest BCUT2D eigenvalue weighted by Crippen LogP contribution is -2.37. The Labute approximate surface area is 167 Å². The average Bonchev–Trinajstić information content (AvgIpc) is 3.15. The fraction of sp³-hybridized carbons (Fsp3) is 0.474. The molecule has 0 saturated carbocycles. The van der Waals surface area contributed by atoms with Crippen molar-refractivity contribution in [2.45, 2.75) is 38.9 Å². The van der Waals surface area contributed by atoms with E-state index in [1.54, 1.807) is 7.05 Å². The molecule has 28 heavy (non-hydrogen) atoms. The van der Waals surface area contributed by atoms with E-state index in [1.165, 1.54) is 0 Å². The lowest BCUT2D eigenvalue weighted by Gasteiger charge is -2.11. The zero-order valence-corrected chi connectivity index (χ0v) is 16.8. The minimum atomic E-state index is -4.41. The lowest BCUT2D eigenvalue weighted by molar-refractivity contribution is -0.140. The molecule has 1 heterocycles. The molecule has 1 aromatic heterocycles. The molecule has 2 aromatic rings. The van der Waals surface area contributed by atoms with Crippen LogP contribution in [0.1, 0.15) is 36.0 Å². The van der Waals surface area contributed by atoms with Crippen LogP contribution >= 0.6 is 11.3 Å². The Morgan fingerprint density at radius 1 is 1.21 bits per heavy atom. The summed E-state index contributed by atoms with van der Waals surface area (Å²) in [6.07, 6.45) is -1.49. The number of unbranched alkanes of at least 4 members (excludes halogenated alkanes) is 1. The van der Waals surface area contributed by atoms with Crippen molar-refractivity contribution < 1.29 is 17.9 Å². The smallest absolute Gasteiger partial charge is 0.434 e. The highest BCUT2D eigenvalue weighted by Gasteiger charge is 2.33. The first kappa shape index (κ1) is 22.0. The summed E-state index contributed by atoms with van der Waals surface area (Å²) in [4.78, 5) is 7.66. The van der Waals surface area contributed by atoms with Gasteiger partial charge in [0.05, 0.1) is 13.2 Å². The summed E-state index contributed by atoms with van der Waals surface area (Å²) in [6.45, 7) is 3.67. The molecule has 0 spiro atoms. The summed E-state index contributed by atoms with van der Waals surface area (Å²) < 4.78 is 43.4. The SMILES string of the molecule is CCCCOc1ccc(CCNC(=NC)NCc2nc(C(F)(F)F)cs2)cc1. The van der Waals surface area contributed by atoms with Crippen LogP contribution in [0.5, 0.6) is 5.75 Å². The quantitative estimate of drug-likeness (QED) is 0.366. The summed E-state index contributed by atoms with van der Waals surface area (Å²) in [5.41, 5.74) is 0.292. The van der Waals surface area contributed by atoms with Crippen molar-refractivity contribution in [3.8, 4) is 5.75 Å².